The number of nitrogens with two attached hydrogens (primary N) is 1. The molecule has 2 N–H and O–H groups in total. The second kappa shape index (κ2) is 4.82. The lowest BCUT2D eigenvalue weighted by Gasteiger charge is -2.11. The highest BCUT2D eigenvalue weighted by atomic mass is 16.5. The summed E-state index contributed by atoms with van der Waals surface area (Å²) >= 11 is 0. The van der Waals surface area contributed by atoms with Crippen molar-refractivity contribution >= 4 is 11.5 Å². The van der Waals surface area contributed by atoms with Crippen molar-refractivity contribution in [2.75, 3.05) is 5.73 Å². The minimum absolute atomic E-state index is 0.0589. The van der Waals surface area contributed by atoms with Crippen molar-refractivity contribution in [1.29, 1.82) is 0 Å². The summed E-state index contributed by atoms with van der Waals surface area (Å²) in [6.45, 7) is 5.71. The molecule has 3 nitrogen and oxygen atoms in total. The number of hydrogen-bond acceptors (Lipinski definition) is 3. The molecule has 0 aromatic heterocycles. The standard InChI is InChI=1S/C12H17NO2/c1-4-12(14)10-6-5-9(7-11(10)13)15-8(2)3/h5-8H,4,13H2,1-3H3. The van der Waals surface area contributed by atoms with Crippen LogP contribution in [0, 0.1) is 0 Å². The highest BCUT2D eigenvalue weighted by Crippen LogP contribution is 2.21. The fraction of sp³-hybridized carbons (Fsp3) is 0.417. The molecule has 0 unspecified atom stereocenters. The van der Waals surface area contributed by atoms with Crippen LogP contribution in [0.4, 0.5) is 5.69 Å². The van der Waals surface area contributed by atoms with Gasteiger partial charge in [-0.15, -0.1) is 0 Å². The fourth-order valence-electron chi connectivity index (χ4n) is 1.33. The van der Waals surface area contributed by atoms with E-state index in [4.69, 9.17) is 10.5 Å². The number of rotatable bonds is 4. The summed E-state index contributed by atoms with van der Waals surface area (Å²) in [7, 11) is 0. The third kappa shape index (κ3) is 2.98. The molecular formula is C12H17NO2. The highest BCUT2D eigenvalue weighted by molar-refractivity contribution is 6.00. The number of ketones is 1. The SMILES string of the molecule is CCC(=O)c1ccc(OC(C)C)cc1N. The van der Waals surface area contributed by atoms with Crippen LogP contribution in [0.1, 0.15) is 37.6 Å². The van der Waals surface area contributed by atoms with Crippen LogP contribution in [-0.2, 0) is 0 Å². The predicted molar refractivity (Wildman–Crippen MR) is 61.2 cm³/mol. The average molecular weight is 207 g/mol. The van der Waals surface area contributed by atoms with Crippen LogP contribution < -0.4 is 10.5 Å². The summed E-state index contributed by atoms with van der Waals surface area (Å²) < 4.78 is 5.47. The van der Waals surface area contributed by atoms with Gasteiger partial charge in [0.25, 0.3) is 0 Å². The molecule has 0 bridgehead atoms. The van der Waals surface area contributed by atoms with Gasteiger partial charge in [0.2, 0.25) is 0 Å². The monoisotopic (exact) mass is 207 g/mol. The first-order valence-corrected chi connectivity index (χ1v) is 5.14. The Kier molecular flexibility index (Phi) is 3.72. The van der Waals surface area contributed by atoms with Crippen molar-refractivity contribution < 1.29 is 9.53 Å². The van der Waals surface area contributed by atoms with E-state index in [2.05, 4.69) is 0 Å². The van der Waals surface area contributed by atoms with Gasteiger partial charge in [-0.05, 0) is 26.0 Å². The van der Waals surface area contributed by atoms with Crippen LogP contribution >= 0.6 is 0 Å². The molecule has 0 heterocycles. The molecule has 0 fully saturated rings. The van der Waals surface area contributed by atoms with E-state index in [1.54, 1.807) is 18.2 Å². The zero-order valence-corrected chi connectivity index (χ0v) is 9.41. The van der Waals surface area contributed by atoms with E-state index in [0.717, 1.165) is 0 Å². The van der Waals surface area contributed by atoms with E-state index < -0.39 is 0 Å². The van der Waals surface area contributed by atoms with E-state index in [0.29, 0.717) is 23.4 Å². The van der Waals surface area contributed by atoms with Gasteiger partial charge in [0.1, 0.15) is 5.75 Å². The molecule has 82 valence electrons. The van der Waals surface area contributed by atoms with Gasteiger partial charge >= 0.3 is 0 Å². The number of Topliss-reactive ketones (excluding diaryl/α,β-unsaturated/α-hetero) is 1. The van der Waals surface area contributed by atoms with Crippen molar-refractivity contribution in [3.05, 3.63) is 23.8 Å². The Morgan fingerprint density at radius 3 is 2.60 bits per heavy atom. The minimum atomic E-state index is 0.0589. The number of carbonyl (C=O) groups excluding carboxylic acids is 1. The third-order valence-electron chi connectivity index (χ3n) is 2.02. The molecule has 3 heteroatoms. The molecule has 0 atom stereocenters. The molecule has 1 aromatic carbocycles. The fourth-order valence-corrected chi connectivity index (χ4v) is 1.33. The molecule has 1 aromatic rings. The Hall–Kier alpha value is -1.51. The maximum absolute atomic E-state index is 11.4. The summed E-state index contributed by atoms with van der Waals surface area (Å²) in [4.78, 5) is 11.4. The van der Waals surface area contributed by atoms with Gasteiger partial charge < -0.3 is 10.5 Å². The topological polar surface area (TPSA) is 52.3 Å². The molecule has 0 saturated heterocycles. The Morgan fingerprint density at radius 1 is 1.47 bits per heavy atom. The third-order valence-corrected chi connectivity index (χ3v) is 2.02. The quantitative estimate of drug-likeness (QED) is 0.610. The smallest absolute Gasteiger partial charge is 0.164 e. The van der Waals surface area contributed by atoms with Crippen molar-refractivity contribution in [2.45, 2.75) is 33.3 Å². The van der Waals surface area contributed by atoms with E-state index >= 15 is 0 Å². The Bertz CT molecular complexity index is 359. The minimum Gasteiger partial charge on any atom is -0.491 e. The van der Waals surface area contributed by atoms with Gasteiger partial charge in [0, 0.05) is 23.7 Å². The zero-order chi connectivity index (χ0) is 11.4. The number of benzene rings is 1. The second-order valence-electron chi connectivity index (χ2n) is 3.69. The molecule has 0 aliphatic heterocycles. The number of carbonyl (C=O) groups is 1. The Labute approximate surface area is 90.2 Å². The lowest BCUT2D eigenvalue weighted by molar-refractivity contribution is 0.0989. The Balaban J connectivity index is 2.93. The molecule has 0 saturated carbocycles. The summed E-state index contributed by atoms with van der Waals surface area (Å²) in [5.41, 5.74) is 6.84. The molecule has 0 aliphatic carbocycles. The van der Waals surface area contributed by atoms with Gasteiger partial charge in [-0.2, -0.15) is 0 Å². The summed E-state index contributed by atoms with van der Waals surface area (Å²) in [5.74, 6) is 0.763. The second-order valence-corrected chi connectivity index (χ2v) is 3.69. The molecule has 15 heavy (non-hydrogen) atoms. The normalized spacial score (nSPS) is 10.4. The number of anilines is 1. The highest BCUT2D eigenvalue weighted by Gasteiger charge is 2.08. The summed E-state index contributed by atoms with van der Waals surface area (Å²) in [5, 5.41) is 0. The largest absolute Gasteiger partial charge is 0.491 e. The summed E-state index contributed by atoms with van der Waals surface area (Å²) in [6.07, 6.45) is 0.575. The van der Waals surface area contributed by atoms with Crippen LogP contribution in [-0.4, -0.2) is 11.9 Å². The molecule has 0 amide bonds. The maximum Gasteiger partial charge on any atom is 0.164 e. The van der Waals surface area contributed by atoms with E-state index in [9.17, 15) is 4.79 Å². The molecule has 1 rings (SSSR count). The summed E-state index contributed by atoms with van der Waals surface area (Å²) in [6, 6.07) is 5.20. The van der Waals surface area contributed by atoms with Crippen molar-refractivity contribution in [2.24, 2.45) is 0 Å². The molecule has 0 radical (unpaired) electrons. The average Bonchev–Trinajstić information content (AvgIpc) is 2.16. The van der Waals surface area contributed by atoms with Gasteiger partial charge in [0.05, 0.1) is 6.10 Å². The van der Waals surface area contributed by atoms with Gasteiger partial charge in [-0.1, -0.05) is 6.92 Å². The number of ether oxygens (including phenoxy) is 1. The maximum atomic E-state index is 11.4. The molecular weight excluding hydrogens is 190 g/mol. The zero-order valence-electron chi connectivity index (χ0n) is 9.41. The lowest BCUT2D eigenvalue weighted by atomic mass is 10.1. The van der Waals surface area contributed by atoms with Crippen LogP contribution in [0.3, 0.4) is 0 Å². The van der Waals surface area contributed by atoms with Crippen LogP contribution in [0.5, 0.6) is 5.75 Å². The number of hydrogen-bond donors (Lipinski definition) is 1. The van der Waals surface area contributed by atoms with Gasteiger partial charge in [-0.25, -0.2) is 0 Å². The predicted octanol–water partition coefficient (Wildman–Crippen LogP) is 2.65. The van der Waals surface area contributed by atoms with Crippen LogP contribution in [0.25, 0.3) is 0 Å². The van der Waals surface area contributed by atoms with E-state index in [-0.39, 0.29) is 11.9 Å². The lowest BCUT2D eigenvalue weighted by Crippen LogP contribution is -2.07. The van der Waals surface area contributed by atoms with Gasteiger partial charge in [0.15, 0.2) is 5.78 Å². The number of nitrogen functional groups attached to an aromatic ring is 1. The first kappa shape index (κ1) is 11.6. The Morgan fingerprint density at radius 2 is 2.13 bits per heavy atom. The molecule has 0 aliphatic rings. The van der Waals surface area contributed by atoms with Gasteiger partial charge in [-0.3, -0.25) is 4.79 Å². The van der Waals surface area contributed by atoms with Crippen molar-refractivity contribution in [3.63, 3.8) is 0 Å². The van der Waals surface area contributed by atoms with Crippen molar-refractivity contribution in [3.8, 4) is 5.75 Å². The van der Waals surface area contributed by atoms with Crippen molar-refractivity contribution in [1.82, 2.24) is 0 Å². The van der Waals surface area contributed by atoms with E-state index in [1.165, 1.54) is 0 Å². The first-order valence-electron chi connectivity index (χ1n) is 5.14. The van der Waals surface area contributed by atoms with Crippen LogP contribution in [0.15, 0.2) is 18.2 Å². The molecule has 0 spiro atoms. The first-order chi connectivity index (χ1) is 7.04. The van der Waals surface area contributed by atoms with Crippen LogP contribution in [0.2, 0.25) is 0 Å². The van der Waals surface area contributed by atoms with E-state index in [1.807, 2.05) is 20.8 Å².